The smallest absolute Gasteiger partial charge is 0.411 e. The number of methoxy groups -OCH3 is 1. The summed E-state index contributed by atoms with van der Waals surface area (Å²) in [7, 11) is 1.21. The lowest BCUT2D eigenvalue weighted by Crippen LogP contribution is -2.29. The van der Waals surface area contributed by atoms with Crippen LogP contribution < -0.4 is 27.4 Å². The van der Waals surface area contributed by atoms with E-state index >= 15 is 0 Å². The number of benzene rings is 1. The molecule has 0 saturated heterocycles. The molecule has 0 saturated carbocycles. The van der Waals surface area contributed by atoms with Crippen LogP contribution in [-0.4, -0.2) is 33.0 Å². The Kier molecular flexibility index (Phi) is 5.44. The van der Waals surface area contributed by atoms with E-state index in [1.165, 1.54) is 13.2 Å². The Balaban J connectivity index is 2.06. The van der Waals surface area contributed by atoms with Gasteiger partial charge >= 0.3 is 6.09 Å². The molecule has 1 aromatic carbocycles. The van der Waals surface area contributed by atoms with Gasteiger partial charge in [-0.05, 0) is 13.0 Å². The predicted molar refractivity (Wildman–Crippen MR) is 109 cm³/mol. The van der Waals surface area contributed by atoms with E-state index in [-0.39, 0.29) is 35.5 Å². The Labute approximate surface area is 165 Å². The average molecular weight is 397 g/mol. The minimum Gasteiger partial charge on any atom is -0.453 e. The fraction of sp³-hybridized carbons (Fsp3) is 0.158. The number of amides is 1. The molecule has 150 valence electrons. The third-order valence-corrected chi connectivity index (χ3v) is 4.23. The number of rotatable bonds is 4. The van der Waals surface area contributed by atoms with E-state index in [4.69, 9.17) is 11.5 Å². The quantitative estimate of drug-likeness (QED) is 0.600. The van der Waals surface area contributed by atoms with E-state index in [1.54, 1.807) is 29.0 Å². The lowest BCUT2D eigenvalue weighted by molar-refractivity contribution is 0.187. The van der Waals surface area contributed by atoms with Crippen molar-refractivity contribution in [2.45, 2.75) is 13.5 Å². The van der Waals surface area contributed by atoms with Crippen molar-refractivity contribution in [2.75, 3.05) is 23.9 Å². The summed E-state index contributed by atoms with van der Waals surface area (Å²) in [4.78, 5) is 19.8. The van der Waals surface area contributed by atoms with Gasteiger partial charge in [-0.1, -0.05) is 30.9 Å². The maximum atomic E-state index is 14.1. The first-order valence-corrected chi connectivity index (χ1v) is 8.59. The number of ether oxygens (including phenoxy) is 1. The number of aromatic nitrogens is 4. The third-order valence-electron chi connectivity index (χ3n) is 4.23. The molecule has 0 aliphatic rings. The molecule has 0 aliphatic carbocycles. The maximum absolute atomic E-state index is 14.1. The van der Waals surface area contributed by atoms with Crippen molar-refractivity contribution in [3.05, 3.63) is 46.2 Å². The van der Waals surface area contributed by atoms with Crippen LogP contribution in [0, 0.1) is 5.82 Å². The second-order valence-corrected chi connectivity index (χ2v) is 6.06. The summed E-state index contributed by atoms with van der Waals surface area (Å²) >= 11 is 0. The monoisotopic (exact) mass is 397 g/mol. The number of nitrogen functional groups attached to an aromatic ring is 2. The van der Waals surface area contributed by atoms with Gasteiger partial charge < -0.3 is 16.2 Å². The summed E-state index contributed by atoms with van der Waals surface area (Å²) in [6.45, 7) is 6.05. The molecule has 3 rings (SSSR count). The number of anilines is 3. The van der Waals surface area contributed by atoms with E-state index in [2.05, 4.69) is 31.7 Å². The summed E-state index contributed by atoms with van der Waals surface area (Å²) in [6.07, 6.45) is 1.05. The van der Waals surface area contributed by atoms with Crippen LogP contribution in [0.3, 0.4) is 0 Å². The molecule has 5 N–H and O–H groups in total. The molecular weight excluding hydrogens is 377 g/mol. The number of carbonyl (C=O) groups is 1. The number of halogens is 1. The first-order chi connectivity index (χ1) is 13.8. The highest BCUT2D eigenvalue weighted by atomic mass is 19.1. The Hall–Kier alpha value is -3.95. The minimum atomic E-state index is -0.755. The van der Waals surface area contributed by atoms with Gasteiger partial charge in [0.05, 0.1) is 19.0 Å². The van der Waals surface area contributed by atoms with Gasteiger partial charge in [0, 0.05) is 10.8 Å². The fourth-order valence-corrected chi connectivity index (χ4v) is 2.81. The van der Waals surface area contributed by atoms with Crippen molar-refractivity contribution in [2.24, 2.45) is 0 Å². The van der Waals surface area contributed by atoms with Crippen molar-refractivity contribution < 1.29 is 13.9 Å². The third kappa shape index (κ3) is 3.86. The first kappa shape index (κ1) is 19.8. The maximum Gasteiger partial charge on any atom is 0.411 e. The molecule has 2 heterocycles. The molecule has 10 heteroatoms. The standard InChI is InChI=1S/C19H20FN7O2/c1-4-13-10(2)14(26-27(13)9-11-7-5-6-8-12(11)20)18-24-16(21)15(17(22)25-18)23-19(28)29-3/h4-8H,2,9H2,1,3H3,(H,23,28)(H4,21,22,24,25). The van der Waals surface area contributed by atoms with Crippen LogP contribution in [0.4, 0.5) is 26.5 Å². The SMILES string of the molecule is C=c1c(-c2nc(N)c(NC(=O)OC)c(N)n2)nn(Cc2ccccc2F)c1=CC. The fourth-order valence-electron chi connectivity index (χ4n) is 2.81. The second-order valence-electron chi connectivity index (χ2n) is 6.06. The van der Waals surface area contributed by atoms with Gasteiger partial charge in [-0.25, -0.2) is 19.2 Å². The van der Waals surface area contributed by atoms with E-state index in [1.807, 2.05) is 6.92 Å². The summed E-state index contributed by atoms with van der Waals surface area (Å²) in [5.41, 5.74) is 12.7. The molecule has 3 aromatic rings. The van der Waals surface area contributed by atoms with Crippen molar-refractivity contribution in [3.8, 4) is 11.5 Å². The van der Waals surface area contributed by atoms with Crippen molar-refractivity contribution in [1.82, 2.24) is 19.7 Å². The van der Waals surface area contributed by atoms with Crippen LogP contribution in [0.25, 0.3) is 24.2 Å². The van der Waals surface area contributed by atoms with Crippen LogP contribution in [0.15, 0.2) is 24.3 Å². The Morgan fingerprint density at radius 2 is 1.97 bits per heavy atom. The molecule has 0 aliphatic heterocycles. The zero-order chi connectivity index (χ0) is 21.1. The van der Waals surface area contributed by atoms with E-state index in [0.717, 1.165) is 0 Å². The number of nitrogens with one attached hydrogen (secondary N) is 1. The van der Waals surface area contributed by atoms with Gasteiger partial charge in [0.15, 0.2) is 17.5 Å². The molecule has 29 heavy (non-hydrogen) atoms. The molecule has 0 spiro atoms. The Morgan fingerprint density at radius 1 is 1.31 bits per heavy atom. The largest absolute Gasteiger partial charge is 0.453 e. The highest BCUT2D eigenvalue weighted by Gasteiger charge is 2.18. The van der Waals surface area contributed by atoms with Gasteiger partial charge in [-0.3, -0.25) is 10.00 Å². The highest BCUT2D eigenvalue weighted by Crippen LogP contribution is 2.25. The molecular formula is C19H20FN7O2. The van der Waals surface area contributed by atoms with Crippen LogP contribution in [0.5, 0.6) is 0 Å². The lowest BCUT2D eigenvalue weighted by atomic mass is 10.2. The van der Waals surface area contributed by atoms with Crippen LogP contribution >= 0.6 is 0 Å². The second kappa shape index (κ2) is 7.97. The van der Waals surface area contributed by atoms with Gasteiger partial charge in [0.2, 0.25) is 0 Å². The summed E-state index contributed by atoms with van der Waals surface area (Å²) in [5, 5.41) is 8.07. The molecule has 0 unspecified atom stereocenters. The number of hydrogen-bond acceptors (Lipinski definition) is 7. The molecule has 0 radical (unpaired) electrons. The molecule has 9 nitrogen and oxygen atoms in total. The molecule has 2 aromatic heterocycles. The molecule has 0 bridgehead atoms. The van der Waals surface area contributed by atoms with Crippen LogP contribution in [0.1, 0.15) is 12.5 Å². The van der Waals surface area contributed by atoms with Crippen molar-refractivity contribution in [3.63, 3.8) is 0 Å². The van der Waals surface area contributed by atoms with Crippen molar-refractivity contribution >= 4 is 36.1 Å². The number of hydrogen-bond donors (Lipinski definition) is 3. The number of nitrogens with zero attached hydrogens (tertiary/aromatic N) is 4. The number of carbonyl (C=O) groups excluding carboxylic acids is 1. The predicted octanol–water partition coefficient (Wildman–Crippen LogP) is 1.08. The van der Waals surface area contributed by atoms with Crippen LogP contribution in [0.2, 0.25) is 0 Å². The molecule has 0 fully saturated rings. The average Bonchev–Trinajstić information content (AvgIpc) is 3.01. The summed E-state index contributed by atoms with van der Waals surface area (Å²) in [5.74, 6) is -0.304. The summed E-state index contributed by atoms with van der Waals surface area (Å²) in [6, 6.07) is 6.44. The van der Waals surface area contributed by atoms with Gasteiger partial charge in [0.1, 0.15) is 17.2 Å². The normalized spacial score (nSPS) is 11.5. The van der Waals surface area contributed by atoms with Crippen LogP contribution in [-0.2, 0) is 11.3 Å². The van der Waals surface area contributed by atoms with E-state index in [9.17, 15) is 9.18 Å². The highest BCUT2D eigenvalue weighted by molar-refractivity contribution is 5.92. The van der Waals surface area contributed by atoms with Gasteiger partial charge in [-0.2, -0.15) is 5.10 Å². The zero-order valence-corrected chi connectivity index (χ0v) is 15.9. The topological polar surface area (TPSA) is 134 Å². The zero-order valence-electron chi connectivity index (χ0n) is 15.9. The first-order valence-electron chi connectivity index (χ1n) is 8.59. The summed E-state index contributed by atoms with van der Waals surface area (Å²) < 4.78 is 20.2. The Morgan fingerprint density at radius 3 is 2.55 bits per heavy atom. The minimum absolute atomic E-state index is 0.0410. The molecule has 0 atom stereocenters. The van der Waals surface area contributed by atoms with Gasteiger partial charge in [-0.15, -0.1) is 0 Å². The lowest BCUT2D eigenvalue weighted by Gasteiger charge is -2.09. The van der Waals surface area contributed by atoms with E-state index < -0.39 is 6.09 Å². The van der Waals surface area contributed by atoms with E-state index in [0.29, 0.717) is 21.8 Å². The molecule has 1 amide bonds. The van der Waals surface area contributed by atoms with Crippen molar-refractivity contribution in [1.29, 1.82) is 0 Å². The van der Waals surface area contributed by atoms with Gasteiger partial charge in [0.25, 0.3) is 0 Å². The Bertz CT molecular complexity index is 1170. The number of nitrogens with two attached hydrogens (primary N) is 2.